The Morgan fingerprint density at radius 1 is 1.28 bits per heavy atom. The lowest BCUT2D eigenvalue weighted by Crippen LogP contribution is -2.39. The average Bonchev–Trinajstić information content (AvgIpc) is 2.91. The number of hydrogen-bond donors (Lipinski definition) is 0. The fourth-order valence-electron chi connectivity index (χ4n) is 2.73. The first-order valence-corrected chi connectivity index (χ1v) is 7.10. The van der Waals surface area contributed by atoms with Crippen molar-refractivity contribution >= 4 is 10.0 Å². The molecule has 94 valence electrons. The molecule has 3 aliphatic rings. The Kier molecular flexibility index (Phi) is 1.61. The van der Waals surface area contributed by atoms with Gasteiger partial charge in [-0.25, -0.2) is 8.42 Å². The molecule has 2 bridgehead atoms. The lowest BCUT2D eigenvalue weighted by atomic mass is 9.83. The van der Waals surface area contributed by atoms with E-state index in [4.69, 9.17) is 9.47 Å². The molecule has 0 spiro atoms. The minimum absolute atomic E-state index is 0.147. The Morgan fingerprint density at radius 2 is 2.00 bits per heavy atom. The van der Waals surface area contributed by atoms with Crippen molar-refractivity contribution in [2.45, 2.75) is 17.2 Å². The number of sulfonamides is 1. The fourth-order valence-corrected chi connectivity index (χ4v) is 4.46. The van der Waals surface area contributed by atoms with Crippen LogP contribution in [0.4, 0.5) is 0 Å². The average molecular weight is 265 g/mol. The van der Waals surface area contributed by atoms with Crippen LogP contribution in [-0.4, -0.2) is 26.1 Å². The smallest absolute Gasteiger partial charge is 0.264 e. The van der Waals surface area contributed by atoms with Gasteiger partial charge in [0.25, 0.3) is 10.0 Å². The number of fused-ring (bicyclic) bond motifs is 5. The van der Waals surface area contributed by atoms with Crippen molar-refractivity contribution in [3.63, 3.8) is 0 Å². The van der Waals surface area contributed by atoms with Crippen molar-refractivity contribution in [3.05, 3.63) is 30.0 Å². The first-order valence-electron chi connectivity index (χ1n) is 5.66. The lowest BCUT2D eigenvalue weighted by Gasteiger charge is -2.33. The molecule has 0 fully saturated rings. The van der Waals surface area contributed by atoms with Crippen LogP contribution in [0.15, 0.2) is 29.3 Å². The van der Waals surface area contributed by atoms with Crippen molar-refractivity contribution in [3.8, 4) is 11.5 Å². The van der Waals surface area contributed by atoms with E-state index in [9.17, 15) is 8.42 Å². The maximum atomic E-state index is 12.4. The van der Waals surface area contributed by atoms with Gasteiger partial charge in [0, 0.05) is 24.2 Å². The summed E-state index contributed by atoms with van der Waals surface area (Å²) in [5.41, 5.74) is 0.513. The van der Waals surface area contributed by atoms with Gasteiger partial charge in [0.2, 0.25) is 6.79 Å². The molecule has 0 saturated carbocycles. The molecule has 0 N–H and O–H groups in total. The molecule has 0 saturated heterocycles. The van der Waals surface area contributed by atoms with Gasteiger partial charge in [-0.2, -0.15) is 0 Å². The van der Waals surface area contributed by atoms with Gasteiger partial charge < -0.3 is 9.47 Å². The summed E-state index contributed by atoms with van der Waals surface area (Å²) in [6.45, 7) is 2.63. The summed E-state index contributed by atoms with van der Waals surface area (Å²) in [5.74, 6) is 1.13. The molecule has 0 aromatic heterocycles. The van der Waals surface area contributed by atoms with Crippen molar-refractivity contribution in [2.24, 2.45) is 0 Å². The van der Waals surface area contributed by atoms with Crippen LogP contribution in [0.2, 0.25) is 0 Å². The number of ether oxygens (including phenoxy) is 2. The fraction of sp³-hybridized carbons (Fsp3) is 0.333. The maximum Gasteiger partial charge on any atom is 0.264 e. The van der Waals surface area contributed by atoms with Gasteiger partial charge in [-0.3, -0.25) is 4.31 Å². The third-order valence-electron chi connectivity index (χ3n) is 3.77. The minimum atomic E-state index is -3.44. The van der Waals surface area contributed by atoms with Crippen LogP contribution in [0.1, 0.15) is 12.5 Å². The zero-order chi connectivity index (χ0) is 12.5. The molecule has 0 radical (unpaired) electrons. The van der Waals surface area contributed by atoms with Gasteiger partial charge in [-0.1, -0.05) is 13.0 Å². The SMILES string of the molecule is CC12C=CN(C1)S(=O)(=O)c1cc3c(cc12)OCO3. The molecule has 1 aromatic rings. The Balaban J connectivity index is 2.09. The summed E-state index contributed by atoms with van der Waals surface area (Å²) in [6, 6.07) is 3.37. The molecule has 18 heavy (non-hydrogen) atoms. The molecule has 1 atom stereocenters. The second kappa shape index (κ2) is 2.83. The highest BCUT2D eigenvalue weighted by atomic mass is 32.2. The molecule has 1 aromatic carbocycles. The van der Waals surface area contributed by atoms with Crippen molar-refractivity contribution in [1.82, 2.24) is 4.31 Å². The van der Waals surface area contributed by atoms with Crippen LogP contribution in [0.5, 0.6) is 11.5 Å². The highest BCUT2D eigenvalue weighted by Gasteiger charge is 2.46. The second-order valence-corrected chi connectivity index (χ2v) is 6.84. The van der Waals surface area contributed by atoms with E-state index in [1.807, 2.05) is 13.0 Å². The molecule has 6 heteroatoms. The van der Waals surface area contributed by atoms with Gasteiger partial charge in [-0.05, 0) is 11.6 Å². The highest BCUT2D eigenvalue weighted by Crippen LogP contribution is 2.47. The molecule has 3 aliphatic heterocycles. The van der Waals surface area contributed by atoms with E-state index in [-0.39, 0.29) is 12.2 Å². The van der Waals surface area contributed by atoms with E-state index in [1.54, 1.807) is 18.3 Å². The quantitative estimate of drug-likeness (QED) is 0.707. The summed E-state index contributed by atoms with van der Waals surface area (Å²) < 4.78 is 36.7. The van der Waals surface area contributed by atoms with Gasteiger partial charge in [0.05, 0.1) is 4.90 Å². The Morgan fingerprint density at radius 3 is 2.78 bits per heavy atom. The topological polar surface area (TPSA) is 55.8 Å². The van der Waals surface area contributed by atoms with Crippen LogP contribution in [-0.2, 0) is 15.4 Å². The standard InChI is InChI=1S/C12H11NO4S/c1-12-2-3-13(6-12)18(14,15)11-5-10-9(4-8(11)12)16-7-17-10/h2-5H,6-7H2,1H3. The highest BCUT2D eigenvalue weighted by molar-refractivity contribution is 7.89. The van der Waals surface area contributed by atoms with Gasteiger partial charge in [0.15, 0.2) is 11.5 Å². The maximum absolute atomic E-state index is 12.4. The molecular formula is C12H11NO4S. The molecule has 5 nitrogen and oxygen atoms in total. The summed E-state index contributed by atoms with van der Waals surface area (Å²) >= 11 is 0. The molecule has 1 unspecified atom stereocenters. The van der Waals surface area contributed by atoms with Crippen molar-refractivity contribution in [2.75, 3.05) is 13.3 Å². The van der Waals surface area contributed by atoms with Crippen LogP contribution in [0.25, 0.3) is 0 Å². The van der Waals surface area contributed by atoms with Crippen LogP contribution in [0, 0.1) is 0 Å². The van der Waals surface area contributed by atoms with E-state index >= 15 is 0 Å². The Bertz CT molecular complexity index is 694. The van der Waals surface area contributed by atoms with E-state index in [0.717, 1.165) is 5.56 Å². The third kappa shape index (κ3) is 1.04. The van der Waals surface area contributed by atoms with Gasteiger partial charge in [0.1, 0.15) is 0 Å². The van der Waals surface area contributed by atoms with Crippen molar-refractivity contribution < 1.29 is 17.9 Å². The normalized spacial score (nSPS) is 29.5. The zero-order valence-electron chi connectivity index (χ0n) is 9.71. The summed E-state index contributed by atoms with van der Waals surface area (Å²) in [7, 11) is -3.44. The van der Waals surface area contributed by atoms with E-state index in [1.165, 1.54) is 4.31 Å². The van der Waals surface area contributed by atoms with Gasteiger partial charge >= 0.3 is 0 Å². The summed E-state index contributed by atoms with van der Waals surface area (Å²) in [5, 5.41) is 0. The van der Waals surface area contributed by atoms with Crippen molar-refractivity contribution in [1.29, 1.82) is 0 Å². The van der Waals surface area contributed by atoms with E-state index in [0.29, 0.717) is 22.9 Å². The summed E-state index contributed by atoms with van der Waals surface area (Å²) in [6.07, 6.45) is 3.57. The van der Waals surface area contributed by atoms with E-state index in [2.05, 4.69) is 0 Å². The lowest BCUT2D eigenvalue weighted by molar-refractivity contribution is 0.174. The number of rotatable bonds is 0. The van der Waals surface area contributed by atoms with Crippen LogP contribution < -0.4 is 9.47 Å². The summed E-state index contributed by atoms with van der Waals surface area (Å²) in [4.78, 5) is 0.325. The molecular weight excluding hydrogens is 254 g/mol. The Labute approximate surface area is 105 Å². The zero-order valence-corrected chi connectivity index (χ0v) is 10.5. The first-order chi connectivity index (χ1) is 8.51. The predicted molar refractivity (Wildman–Crippen MR) is 62.9 cm³/mol. The predicted octanol–water partition coefficient (Wildman–Crippen LogP) is 1.20. The first kappa shape index (κ1) is 10.3. The number of hydrogen-bond acceptors (Lipinski definition) is 4. The minimum Gasteiger partial charge on any atom is -0.454 e. The monoisotopic (exact) mass is 265 g/mol. The Hall–Kier alpha value is -1.69. The molecule has 3 heterocycles. The number of benzene rings is 1. The third-order valence-corrected chi connectivity index (χ3v) is 5.53. The molecule has 0 amide bonds. The second-order valence-electron chi connectivity index (χ2n) is 4.99. The molecule has 0 aliphatic carbocycles. The van der Waals surface area contributed by atoms with Gasteiger partial charge in [-0.15, -0.1) is 0 Å². The van der Waals surface area contributed by atoms with Crippen LogP contribution >= 0.6 is 0 Å². The van der Waals surface area contributed by atoms with E-state index < -0.39 is 10.0 Å². The number of nitrogens with zero attached hydrogens (tertiary/aromatic N) is 1. The van der Waals surface area contributed by atoms with Crippen LogP contribution in [0.3, 0.4) is 0 Å². The molecule has 4 rings (SSSR count). The largest absolute Gasteiger partial charge is 0.454 e.